The van der Waals surface area contributed by atoms with Gasteiger partial charge in [-0.15, -0.1) is 0 Å². The zero-order chi connectivity index (χ0) is 17.5. The van der Waals surface area contributed by atoms with Crippen molar-refractivity contribution in [1.29, 1.82) is 0 Å². The van der Waals surface area contributed by atoms with E-state index in [-0.39, 0.29) is 11.5 Å². The van der Waals surface area contributed by atoms with Crippen LogP contribution in [0.1, 0.15) is 32.4 Å². The Kier molecular flexibility index (Phi) is 4.87. The minimum Gasteiger partial charge on any atom is -0.410 e. The van der Waals surface area contributed by atoms with Gasteiger partial charge in [0.05, 0.1) is 6.10 Å². The topological polar surface area (TPSA) is 9.23 Å². The molecule has 0 amide bonds. The maximum absolute atomic E-state index is 6.47. The van der Waals surface area contributed by atoms with Crippen LogP contribution in [0.2, 0.25) is 13.1 Å². The van der Waals surface area contributed by atoms with Gasteiger partial charge in [-0.05, 0) is 63.8 Å². The molecule has 0 heterocycles. The molecule has 3 heteroatoms. The number of hydrogen-bond acceptors (Lipinski definition) is 1. The van der Waals surface area contributed by atoms with E-state index in [4.69, 9.17) is 4.43 Å². The normalized spacial score (nSPS) is 13.8. The molecule has 0 aliphatic carbocycles. The van der Waals surface area contributed by atoms with Gasteiger partial charge >= 0.3 is 0 Å². The highest BCUT2D eigenvalue weighted by Crippen LogP contribution is 2.42. The molecule has 1 unspecified atom stereocenters. The number of halogens is 1. The molecule has 1 nitrogen and oxygen atoms in total. The Bertz CT molecular complexity index is 880. The molecule has 0 saturated carbocycles. The molecule has 3 rings (SSSR count). The molecule has 1 atom stereocenters. The second-order valence-electron chi connectivity index (χ2n) is 7.65. The smallest absolute Gasteiger partial charge is 0.205 e. The molecule has 0 fully saturated rings. The van der Waals surface area contributed by atoms with Gasteiger partial charge in [0.1, 0.15) is 0 Å². The molecule has 0 aliphatic rings. The summed E-state index contributed by atoms with van der Waals surface area (Å²) in [5.74, 6) is 0. The van der Waals surface area contributed by atoms with Gasteiger partial charge in [-0.25, -0.2) is 0 Å². The summed E-state index contributed by atoms with van der Waals surface area (Å²) in [6.45, 7) is 11.2. The number of fused-ring (bicyclic) bond motifs is 3. The summed E-state index contributed by atoms with van der Waals surface area (Å²) in [5.41, 5.74) is 1.35. The Morgan fingerprint density at radius 2 is 1.58 bits per heavy atom. The van der Waals surface area contributed by atoms with Crippen LogP contribution >= 0.6 is 15.9 Å². The van der Waals surface area contributed by atoms with E-state index in [0.717, 1.165) is 4.47 Å². The Balaban J connectivity index is 2.35. The van der Waals surface area contributed by atoms with Gasteiger partial charge in [0.15, 0.2) is 0 Å². The van der Waals surface area contributed by atoms with Crippen LogP contribution in [0.4, 0.5) is 0 Å². The molecule has 0 saturated heterocycles. The third kappa shape index (κ3) is 3.44. The molecule has 0 aromatic heterocycles. The second-order valence-corrected chi connectivity index (χ2v) is 10.6. The van der Waals surface area contributed by atoms with Crippen LogP contribution in [0.25, 0.3) is 21.5 Å². The van der Waals surface area contributed by atoms with E-state index in [1.807, 2.05) is 0 Å². The summed E-state index contributed by atoms with van der Waals surface area (Å²) >= 11 is 3.61. The van der Waals surface area contributed by atoms with Gasteiger partial charge < -0.3 is 4.43 Å². The average Bonchev–Trinajstić information content (AvgIpc) is 2.51. The minimum absolute atomic E-state index is 0.0494. The molecular formula is C21H24BrOSi. The van der Waals surface area contributed by atoms with Crippen molar-refractivity contribution in [2.75, 3.05) is 0 Å². The highest BCUT2D eigenvalue weighted by molar-refractivity contribution is 9.10. The van der Waals surface area contributed by atoms with Crippen molar-refractivity contribution in [3.8, 4) is 0 Å². The molecule has 0 bridgehead atoms. The largest absolute Gasteiger partial charge is 0.410 e. The number of benzene rings is 3. The zero-order valence-corrected chi connectivity index (χ0v) is 17.6. The van der Waals surface area contributed by atoms with Crippen LogP contribution in [0.3, 0.4) is 0 Å². The van der Waals surface area contributed by atoms with Crippen LogP contribution in [0, 0.1) is 5.41 Å². The zero-order valence-electron chi connectivity index (χ0n) is 15.0. The lowest BCUT2D eigenvalue weighted by Gasteiger charge is -2.34. The van der Waals surface area contributed by atoms with Crippen LogP contribution in [-0.4, -0.2) is 9.04 Å². The standard InChI is InChI=1S/C21H24BrOSi/c1-21(2,3)20(23-24(4)5)19-12-14-10-11-15(22)13-18(14)16-8-6-7-9-17(16)19/h6-13,20H,1-5H3. The molecule has 125 valence electrons. The fourth-order valence-electron chi connectivity index (χ4n) is 3.26. The molecule has 0 aliphatic heterocycles. The first-order valence-corrected chi connectivity index (χ1v) is 11.6. The van der Waals surface area contributed by atoms with Crippen molar-refractivity contribution in [2.45, 2.75) is 40.0 Å². The van der Waals surface area contributed by atoms with E-state index in [9.17, 15) is 0 Å². The van der Waals surface area contributed by atoms with Crippen molar-refractivity contribution < 1.29 is 4.43 Å². The summed E-state index contributed by atoms with van der Waals surface area (Å²) in [5, 5.41) is 5.15. The van der Waals surface area contributed by atoms with Crippen molar-refractivity contribution in [2.24, 2.45) is 5.41 Å². The fraction of sp³-hybridized carbons (Fsp3) is 0.333. The fourth-order valence-corrected chi connectivity index (χ4v) is 4.58. The van der Waals surface area contributed by atoms with Gasteiger partial charge in [0, 0.05) is 4.47 Å². The van der Waals surface area contributed by atoms with Crippen LogP contribution < -0.4 is 0 Å². The van der Waals surface area contributed by atoms with E-state index in [1.54, 1.807) is 0 Å². The SMILES string of the molecule is C[Si](C)OC(c1cc2ccc(Br)cc2c2ccccc12)C(C)(C)C. The Morgan fingerprint density at radius 1 is 0.917 bits per heavy atom. The van der Waals surface area contributed by atoms with Crippen LogP contribution in [0.15, 0.2) is 53.0 Å². The molecule has 3 aromatic carbocycles. The summed E-state index contributed by atoms with van der Waals surface area (Å²) in [6.07, 6.45) is 0.0966. The van der Waals surface area contributed by atoms with Crippen molar-refractivity contribution in [3.05, 3.63) is 58.6 Å². The van der Waals surface area contributed by atoms with E-state index in [2.05, 4.69) is 98.3 Å². The second kappa shape index (κ2) is 6.62. The van der Waals surface area contributed by atoms with Gasteiger partial charge in [-0.3, -0.25) is 0 Å². The summed E-state index contributed by atoms with van der Waals surface area (Å²) in [7, 11) is -0.798. The first-order chi connectivity index (χ1) is 11.3. The summed E-state index contributed by atoms with van der Waals surface area (Å²) in [4.78, 5) is 0. The predicted molar refractivity (Wildman–Crippen MR) is 110 cm³/mol. The predicted octanol–water partition coefficient (Wildman–Crippen LogP) is 7.11. The molecule has 0 N–H and O–H groups in total. The molecule has 1 radical (unpaired) electrons. The maximum Gasteiger partial charge on any atom is 0.205 e. The van der Waals surface area contributed by atoms with E-state index < -0.39 is 9.04 Å². The van der Waals surface area contributed by atoms with Crippen LogP contribution in [0.5, 0.6) is 0 Å². The van der Waals surface area contributed by atoms with Crippen molar-refractivity contribution in [3.63, 3.8) is 0 Å². The van der Waals surface area contributed by atoms with Crippen molar-refractivity contribution >= 4 is 46.5 Å². The molecule has 0 spiro atoms. The Morgan fingerprint density at radius 3 is 2.21 bits per heavy atom. The monoisotopic (exact) mass is 399 g/mol. The van der Waals surface area contributed by atoms with E-state index >= 15 is 0 Å². The third-order valence-electron chi connectivity index (χ3n) is 4.28. The lowest BCUT2D eigenvalue weighted by molar-refractivity contribution is 0.0880. The Hall–Kier alpha value is -1.16. The van der Waals surface area contributed by atoms with Gasteiger partial charge in [0.25, 0.3) is 0 Å². The van der Waals surface area contributed by atoms with E-state index in [1.165, 1.54) is 27.1 Å². The average molecular weight is 400 g/mol. The molecule has 24 heavy (non-hydrogen) atoms. The maximum atomic E-state index is 6.47. The first-order valence-electron chi connectivity index (χ1n) is 8.35. The van der Waals surface area contributed by atoms with Crippen LogP contribution in [-0.2, 0) is 4.43 Å². The van der Waals surface area contributed by atoms with Gasteiger partial charge in [-0.1, -0.05) is 67.0 Å². The summed E-state index contributed by atoms with van der Waals surface area (Å²) < 4.78 is 7.59. The summed E-state index contributed by atoms with van der Waals surface area (Å²) in [6, 6.07) is 17.5. The van der Waals surface area contributed by atoms with Gasteiger partial charge in [-0.2, -0.15) is 0 Å². The van der Waals surface area contributed by atoms with E-state index in [0.29, 0.717) is 0 Å². The van der Waals surface area contributed by atoms with Gasteiger partial charge in [0.2, 0.25) is 9.04 Å². The number of rotatable bonds is 3. The lowest BCUT2D eigenvalue weighted by Crippen LogP contribution is -2.26. The quantitative estimate of drug-likeness (QED) is 0.336. The highest BCUT2D eigenvalue weighted by Gasteiger charge is 2.30. The Labute approximate surface area is 154 Å². The third-order valence-corrected chi connectivity index (χ3v) is 5.48. The number of hydrogen-bond donors (Lipinski definition) is 0. The molecule has 3 aromatic rings. The highest BCUT2D eigenvalue weighted by atomic mass is 79.9. The van der Waals surface area contributed by atoms with Crippen molar-refractivity contribution in [1.82, 2.24) is 0 Å². The first kappa shape index (κ1) is 17.7. The minimum atomic E-state index is -0.798. The lowest BCUT2D eigenvalue weighted by atomic mass is 9.82. The molecular weight excluding hydrogens is 376 g/mol.